The number of pyridine rings is 1. The summed E-state index contributed by atoms with van der Waals surface area (Å²) in [6.45, 7) is 0.392. The van der Waals surface area contributed by atoms with Crippen molar-refractivity contribution < 1.29 is 19.5 Å². The van der Waals surface area contributed by atoms with Gasteiger partial charge in [-0.1, -0.05) is 5.10 Å². The van der Waals surface area contributed by atoms with Crippen LogP contribution in [0.1, 0.15) is 10.4 Å². The monoisotopic (exact) mass is 264 g/mol. The lowest BCUT2D eigenvalue weighted by molar-refractivity contribution is 0.0695. The van der Waals surface area contributed by atoms with Gasteiger partial charge in [-0.15, -0.1) is 0 Å². The normalized spacial score (nSPS) is 14.4. The minimum atomic E-state index is -1.35. The number of hydrogen-bond acceptors (Lipinski definition) is 5. The molecule has 2 heterocycles. The minimum absolute atomic E-state index is 0.142. The van der Waals surface area contributed by atoms with Gasteiger partial charge in [-0.2, -0.15) is 0 Å². The number of urea groups is 1. The third-order valence-corrected chi connectivity index (χ3v) is 2.57. The number of hydrazone groups is 1. The first-order chi connectivity index (χ1) is 9.04. The molecule has 2 rings (SSSR count). The molecule has 1 aliphatic heterocycles. The van der Waals surface area contributed by atoms with Crippen molar-refractivity contribution in [2.45, 2.75) is 0 Å². The van der Waals surface area contributed by atoms with E-state index in [4.69, 9.17) is 5.11 Å². The van der Waals surface area contributed by atoms with Crippen LogP contribution in [0.25, 0.3) is 0 Å². The molecule has 0 spiro atoms. The van der Waals surface area contributed by atoms with Crippen molar-refractivity contribution in [1.82, 2.24) is 9.99 Å². The van der Waals surface area contributed by atoms with Gasteiger partial charge in [-0.25, -0.2) is 19.4 Å². The smallest absolute Gasteiger partial charge is 0.346 e. The maximum Gasteiger partial charge on any atom is 0.346 e. The summed E-state index contributed by atoms with van der Waals surface area (Å²) in [6.07, 6.45) is 2.26. The van der Waals surface area contributed by atoms with Crippen LogP contribution < -0.4 is 10.3 Å². The summed E-state index contributed by atoms with van der Waals surface area (Å²) in [4.78, 5) is 47.8. The molecule has 1 aliphatic rings. The molecule has 2 N–H and O–H groups in total. The molecule has 0 aromatic carbocycles. The van der Waals surface area contributed by atoms with Crippen molar-refractivity contribution in [3.8, 4) is 0 Å². The lowest BCUT2D eigenvalue weighted by Crippen LogP contribution is -2.30. The molecule has 9 nitrogen and oxygen atoms in total. The summed E-state index contributed by atoms with van der Waals surface area (Å²) in [7, 11) is 0. The van der Waals surface area contributed by atoms with Crippen LogP contribution in [0.4, 0.5) is 10.6 Å². The van der Waals surface area contributed by atoms with Gasteiger partial charge < -0.3 is 10.1 Å². The van der Waals surface area contributed by atoms with Crippen LogP contribution in [0.2, 0.25) is 0 Å². The van der Waals surface area contributed by atoms with E-state index in [1.165, 1.54) is 11.0 Å². The van der Waals surface area contributed by atoms with Gasteiger partial charge in [-0.05, 0) is 0 Å². The van der Waals surface area contributed by atoms with Crippen molar-refractivity contribution in [1.29, 1.82) is 0 Å². The first-order valence-corrected chi connectivity index (χ1v) is 5.17. The number of carbonyl (C=O) groups is 2. The predicted octanol–water partition coefficient (Wildman–Crippen LogP) is -0.434. The zero-order valence-corrected chi connectivity index (χ0v) is 9.49. The fraction of sp³-hybridized carbons (Fsp3) is 0.200. The fourth-order valence-corrected chi connectivity index (χ4v) is 1.67. The molecule has 0 bridgehead atoms. The number of carboxylic acids is 1. The molecule has 2 amide bonds. The average molecular weight is 264 g/mol. The number of rotatable bonds is 3. The van der Waals surface area contributed by atoms with E-state index < -0.39 is 23.0 Å². The quantitative estimate of drug-likeness (QED) is 0.566. The molecular weight excluding hydrogens is 256 g/mol. The molecule has 1 aromatic heterocycles. The molecule has 0 aliphatic carbocycles. The number of carboxylic acid groups (broad SMARTS) is 1. The Morgan fingerprint density at radius 3 is 2.74 bits per heavy atom. The number of aromatic amines is 1. The van der Waals surface area contributed by atoms with E-state index in [9.17, 15) is 19.2 Å². The number of anilines is 1. The van der Waals surface area contributed by atoms with Gasteiger partial charge in [0.1, 0.15) is 11.4 Å². The van der Waals surface area contributed by atoms with Gasteiger partial charge in [0, 0.05) is 18.8 Å². The highest BCUT2D eigenvalue weighted by molar-refractivity contribution is 5.93. The Hall–Kier alpha value is -2.93. The number of H-pyrrole nitrogens is 1. The third-order valence-electron chi connectivity index (χ3n) is 2.57. The average Bonchev–Trinajstić information content (AvgIpc) is 2.71. The molecule has 19 heavy (non-hydrogen) atoms. The molecule has 9 heteroatoms. The lowest BCUT2D eigenvalue weighted by atomic mass is 10.2. The van der Waals surface area contributed by atoms with Crippen molar-refractivity contribution in [3.05, 3.63) is 28.0 Å². The van der Waals surface area contributed by atoms with E-state index >= 15 is 0 Å². The Labute approximate surface area is 105 Å². The second-order valence-electron chi connectivity index (χ2n) is 3.65. The molecule has 0 saturated carbocycles. The topological polar surface area (TPSA) is 123 Å². The maximum absolute atomic E-state index is 11.8. The van der Waals surface area contributed by atoms with Gasteiger partial charge >= 0.3 is 12.0 Å². The van der Waals surface area contributed by atoms with E-state index in [1.54, 1.807) is 0 Å². The summed E-state index contributed by atoms with van der Waals surface area (Å²) in [5.41, 5.74) is -1.13. The van der Waals surface area contributed by atoms with E-state index in [2.05, 4.69) is 10.1 Å². The minimum Gasteiger partial charge on any atom is -0.477 e. The first-order valence-electron chi connectivity index (χ1n) is 5.17. The van der Waals surface area contributed by atoms with Gasteiger partial charge in [0.2, 0.25) is 0 Å². The highest BCUT2D eigenvalue weighted by Crippen LogP contribution is 2.16. The number of isocyanates is 1. The Morgan fingerprint density at radius 2 is 2.16 bits per heavy atom. The van der Waals surface area contributed by atoms with Crippen molar-refractivity contribution in [3.63, 3.8) is 0 Å². The van der Waals surface area contributed by atoms with Gasteiger partial charge in [0.15, 0.2) is 5.43 Å². The number of aromatic carboxylic acids is 1. The third kappa shape index (κ3) is 2.22. The van der Waals surface area contributed by atoms with E-state index in [0.717, 1.165) is 17.3 Å². The summed E-state index contributed by atoms with van der Waals surface area (Å²) in [5, 5.41) is 12.8. The van der Waals surface area contributed by atoms with Crippen molar-refractivity contribution >= 4 is 23.9 Å². The van der Waals surface area contributed by atoms with Crippen LogP contribution in [0, 0.1) is 0 Å². The number of hydrogen-bond donors (Lipinski definition) is 2. The summed E-state index contributed by atoms with van der Waals surface area (Å²) < 4.78 is 0. The highest BCUT2D eigenvalue weighted by Gasteiger charge is 2.30. The Balaban J connectivity index is 2.32. The van der Waals surface area contributed by atoms with Gasteiger partial charge in [-0.3, -0.25) is 9.69 Å². The van der Waals surface area contributed by atoms with Crippen LogP contribution in [0.15, 0.2) is 22.2 Å². The van der Waals surface area contributed by atoms with Crippen molar-refractivity contribution in [2.75, 3.05) is 18.0 Å². The lowest BCUT2D eigenvalue weighted by Gasteiger charge is -2.14. The van der Waals surface area contributed by atoms with Crippen LogP contribution in [0.5, 0.6) is 0 Å². The van der Waals surface area contributed by atoms with E-state index in [0.29, 0.717) is 0 Å². The van der Waals surface area contributed by atoms with Gasteiger partial charge in [0.25, 0.3) is 6.08 Å². The summed E-state index contributed by atoms with van der Waals surface area (Å²) >= 11 is 0. The second kappa shape index (κ2) is 4.75. The Morgan fingerprint density at radius 1 is 1.42 bits per heavy atom. The van der Waals surface area contributed by atoms with Crippen molar-refractivity contribution in [2.24, 2.45) is 5.10 Å². The molecule has 0 atom stereocenters. The summed E-state index contributed by atoms with van der Waals surface area (Å²) in [6, 6.07) is 0.414. The summed E-state index contributed by atoms with van der Waals surface area (Å²) in [5.74, 6) is -1.21. The number of aromatic nitrogens is 1. The molecular formula is C10H8N4O5. The van der Waals surface area contributed by atoms with E-state index in [-0.39, 0.29) is 18.9 Å². The van der Waals surface area contributed by atoms with Crippen LogP contribution in [-0.4, -0.2) is 46.3 Å². The first kappa shape index (κ1) is 12.5. The zero-order valence-electron chi connectivity index (χ0n) is 9.49. The standard InChI is InChI=1S/C10H8N4O5/c15-5-12-14-2-1-13(10(14)19)8-3-7(16)6(4-11-8)9(17)18/h3-4H,1-2H2,(H,11,16)(H,17,18). The largest absolute Gasteiger partial charge is 0.477 e. The number of carbonyl (C=O) groups excluding carboxylic acids is 2. The van der Waals surface area contributed by atoms with Gasteiger partial charge in [0.05, 0.1) is 6.54 Å². The maximum atomic E-state index is 11.8. The van der Waals surface area contributed by atoms with E-state index in [1.807, 2.05) is 0 Å². The molecule has 1 aromatic rings. The SMILES string of the molecule is O=C=NN1CCN(c2cc(=O)c(C(=O)O)c[nH]2)C1=O. The molecule has 0 radical (unpaired) electrons. The van der Waals surface area contributed by atoms with Crippen LogP contribution in [-0.2, 0) is 4.79 Å². The number of nitrogens with one attached hydrogen (secondary N) is 1. The molecule has 1 saturated heterocycles. The van der Waals surface area contributed by atoms with Crippen LogP contribution >= 0.6 is 0 Å². The molecule has 1 fully saturated rings. The zero-order chi connectivity index (χ0) is 14.0. The Kier molecular flexibility index (Phi) is 3.13. The predicted molar refractivity (Wildman–Crippen MR) is 61.6 cm³/mol. The molecule has 98 valence electrons. The Bertz CT molecular complexity index is 646. The molecule has 0 unspecified atom stereocenters. The second-order valence-corrected chi connectivity index (χ2v) is 3.65. The van der Waals surface area contributed by atoms with Crippen LogP contribution in [0.3, 0.4) is 0 Å². The number of nitrogens with zero attached hydrogens (tertiary/aromatic N) is 3. The fourth-order valence-electron chi connectivity index (χ4n) is 1.67. The highest BCUT2D eigenvalue weighted by atomic mass is 16.4. The number of amides is 2.